The highest BCUT2D eigenvalue weighted by Crippen LogP contribution is 2.41. The minimum Gasteiger partial charge on any atom is -0.497 e. The molecule has 6 heteroatoms. The number of amides is 1. The number of benzene rings is 2. The Morgan fingerprint density at radius 1 is 1.32 bits per heavy atom. The van der Waals surface area contributed by atoms with Gasteiger partial charge in [0.05, 0.1) is 13.2 Å². The first-order valence-electron chi connectivity index (χ1n) is 9.41. The van der Waals surface area contributed by atoms with Crippen molar-refractivity contribution in [3.8, 4) is 17.2 Å². The van der Waals surface area contributed by atoms with Gasteiger partial charge in [-0.25, -0.2) is 4.39 Å². The molecule has 28 heavy (non-hydrogen) atoms. The predicted octanol–water partition coefficient (Wildman–Crippen LogP) is 4.41. The summed E-state index contributed by atoms with van der Waals surface area (Å²) in [5.74, 6) is 0.676. The van der Waals surface area contributed by atoms with Crippen molar-refractivity contribution in [3.05, 3.63) is 53.8 Å². The molecule has 0 saturated carbocycles. The number of rotatable bonds is 6. The van der Waals surface area contributed by atoms with E-state index < -0.39 is 17.5 Å². The number of fused-ring (bicyclic) bond motifs is 1. The van der Waals surface area contributed by atoms with Crippen LogP contribution in [0.1, 0.15) is 45.2 Å². The molecule has 150 valence electrons. The average Bonchev–Trinajstić information content (AvgIpc) is 2.65. The molecule has 1 aliphatic rings. The molecule has 1 aliphatic heterocycles. The number of nitrogens with one attached hydrogen (secondary N) is 1. The number of ether oxygens (including phenoxy) is 3. The third kappa shape index (κ3) is 4.38. The predicted molar refractivity (Wildman–Crippen MR) is 104 cm³/mol. The molecule has 1 N–H and O–H groups in total. The molecule has 0 aliphatic carbocycles. The van der Waals surface area contributed by atoms with Crippen LogP contribution in [-0.2, 0) is 4.79 Å². The highest BCUT2D eigenvalue weighted by atomic mass is 19.1. The lowest BCUT2D eigenvalue weighted by atomic mass is 9.89. The Balaban J connectivity index is 1.79. The number of hydrogen-bond donors (Lipinski definition) is 1. The van der Waals surface area contributed by atoms with Crippen LogP contribution in [0.15, 0.2) is 42.5 Å². The van der Waals surface area contributed by atoms with Crippen LogP contribution in [0.4, 0.5) is 4.39 Å². The van der Waals surface area contributed by atoms with Crippen molar-refractivity contribution in [1.82, 2.24) is 5.32 Å². The maximum Gasteiger partial charge on any atom is 0.261 e. The van der Waals surface area contributed by atoms with Gasteiger partial charge in [0.15, 0.2) is 17.7 Å². The van der Waals surface area contributed by atoms with Gasteiger partial charge in [-0.05, 0) is 44.5 Å². The zero-order valence-corrected chi connectivity index (χ0v) is 16.6. The Bertz CT molecular complexity index is 852. The van der Waals surface area contributed by atoms with Crippen LogP contribution < -0.4 is 19.5 Å². The molecule has 3 rings (SSSR count). The van der Waals surface area contributed by atoms with Gasteiger partial charge in [-0.3, -0.25) is 4.79 Å². The first kappa shape index (κ1) is 20.0. The number of carbonyl (C=O) groups is 1. The smallest absolute Gasteiger partial charge is 0.261 e. The van der Waals surface area contributed by atoms with Gasteiger partial charge in [-0.15, -0.1) is 0 Å². The molecule has 2 atom stereocenters. The van der Waals surface area contributed by atoms with Crippen molar-refractivity contribution in [1.29, 1.82) is 0 Å². The van der Waals surface area contributed by atoms with Crippen molar-refractivity contribution in [3.63, 3.8) is 0 Å². The van der Waals surface area contributed by atoms with E-state index in [4.69, 9.17) is 14.2 Å². The van der Waals surface area contributed by atoms with E-state index in [1.807, 2.05) is 39.0 Å². The summed E-state index contributed by atoms with van der Waals surface area (Å²) in [6.45, 7) is 5.78. The second-order valence-electron chi connectivity index (χ2n) is 7.48. The summed E-state index contributed by atoms with van der Waals surface area (Å²) in [6.07, 6.45) is 0.237. The molecule has 2 unspecified atom stereocenters. The molecule has 0 radical (unpaired) electrons. The zero-order valence-electron chi connectivity index (χ0n) is 16.6. The van der Waals surface area contributed by atoms with Crippen LogP contribution in [0.25, 0.3) is 0 Å². The Kier molecular flexibility index (Phi) is 5.77. The first-order valence-corrected chi connectivity index (χ1v) is 9.41. The fourth-order valence-corrected chi connectivity index (χ4v) is 3.37. The lowest BCUT2D eigenvalue weighted by molar-refractivity contribution is -0.129. The van der Waals surface area contributed by atoms with E-state index >= 15 is 0 Å². The number of methoxy groups -OCH3 is 1. The van der Waals surface area contributed by atoms with E-state index in [1.165, 1.54) is 12.1 Å². The average molecular weight is 387 g/mol. The van der Waals surface area contributed by atoms with Gasteiger partial charge in [0.2, 0.25) is 0 Å². The maximum absolute atomic E-state index is 13.9. The van der Waals surface area contributed by atoms with E-state index in [9.17, 15) is 9.18 Å². The van der Waals surface area contributed by atoms with Crippen LogP contribution in [-0.4, -0.2) is 24.7 Å². The highest BCUT2D eigenvalue weighted by molar-refractivity contribution is 5.81. The topological polar surface area (TPSA) is 56.8 Å². The van der Waals surface area contributed by atoms with Crippen LogP contribution in [0.3, 0.4) is 0 Å². The summed E-state index contributed by atoms with van der Waals surface area (Å²) in [7, 11) is 1.60. The zero-order chi connectivity index (χ0) is 20.3. The van der Waals surface area contributed by atoms with E-state index in [2.05, 4.69) is 5.32 Å². The third-order valence-electron chi connectivity index (χ3n) is 4.76. The third-order valence-corrected chi connectivity index (χ3v) is 4.76. The quantitative estimate of drug-likeness (QED) is 0.798. The minimum atomic E-state index is -0.787. The van der Waals surface area contributed by atoms with E-state index in [0.29, 0.717) is 24.3 Å². The molecule has 0 aromatic heterocycles. The fourth-order valence-electron chi connectivity index (χ4n) is 3.37. The van der Waals surface area contributed by atoms with E-state index in [-0.39, 0.29) is 17.7 Å². The highest BCUT2D eigenvalue weighted by Gasteiger charge is 2.36. The molecule has 5 nitrogen and oxygen atoms in total. The van der Waals surface area contributed by atoms with Crippen LogP contribution >= 0.6 is 0 Å². The van der Waals surface area contributed by atoms with Crippen LogP contribution in [0.5, 0.6) is 17.2 Å². The van der Waals surface area contributed by atoms with Gasteiger partial charge in [0, 0.05) is 18.1 Å². The number of carbonyl (C=O) groups excluding carboxylic acids is 1. The van der Waals surface area contributed by atoms with Crippen molar-refractivity contribution in [2.24, 2.45) is 0 Å². The summed E-state index contributed by atoms with van der Waals surface area (Å²) in [5.41, 5.74) is 0.431. The SMILES string of the molecule is CCC(Oc1ccccc1F)C(=O)NC1CC(C)(C)Oc2cc(OC)ccc21. The molecule has 0 saturated heterocycles. The van der Waals surface area contributed by atoms with Gasteiger partial charge in [0.1, 0.15) is 17.1 Å². The molecule has 1 amide bonds. The molecule has 2 aromatic carbocycles. The Labute approximate surface area is 164 Å². The standard InChI is InChI=1S/C22H26FNO4/c1-5-18(27-19-9-7-6-8-16(19)23)21(25)24-17-13-22(2,3)28-20-12-14(26-4)10-11-15(17)20/h6-12,17-18H,5,13H2,1-4H3,(H,24,25). The second-order valence-corrected chi connectivity index (χ2v) is 7.48. The summed E-state index contributed by atoms with van der Waals surface area (Å²) in [5, 5.41) is 3.05. The van der Waals surface area contributed by atoms with Gasteiger partial charge in [0.25, 0.3) is 5.91 Å². The van der Waals surface area contributed by atoms with Crippen molar-refractivity contribution in [2.75, 3.05) is 7.11 Å². The van der Waals surface area contributed by atoms with Crippen LogP contribution in [0.2, 0.25) is 0 Å². The van der Waals surface area contributed by atoms with Crippen molar-refractivity contribution >= 4 is 5.91 Å². The lowest BCUT2D eigenvalue weighted by Gasteiger charge is -2.38. The molecule has 0 bridgehead atoms. The van der Waals surface area contributed by atoms with Gasteiger partial charge < -0.3 is 19.5 Å². The number of para-hydroxylation sites is 1. The summed E-state index contributed by atoms with van der Waals surface area (Å²) >= 11 is 0. The molecular weight excluding hydrogens is 361 g/mol. The normalized spacial score (nSPS) is 18.4. The summed E-state index contributed by atoms with van der Waals surface area (Å²) in [6, 6.07) is 11.4. The summed E-state index contributed by atoms with van der Waals surface area (Å²) in [4.78, 5) is 12.9. The van der Waals surface area contributed by atoms with Crippen molar-refractivity contribution < 1.29 is 23.4 Å². The Morgan fingerprint density at radius 2 is 2.07 bits per heavy atom. The molecule has 0 fully saturated rings. The van der Waals surface area contributed by atoms with Crippen LogP contribution in [0, 0.1) is 5.82 Å². The lowest BCUT2D eigenvalue weighted by Crippen LogP contribution is -2.45. The molecule has 1 heterocycles. The largest absolute Gasteiger partial charge is 0.497 e. The molecule has 2 aromatic rings. The maximum atomic E-state index is 13.9. The van der Waals surface area contributed by atoms with Gasteiger partial charge in [-0.2, -0.15) is 0 Å². The molecular formula is C22H26FNO4. The monoisotopic (exact) mass is 387 g/mol. The second kappa shape index (κ2) is 8.09. The van der Waals surface area contributed by atoms with Crippen molar-refractivity contribution in [2.45, 2.75) is 51.4 Å². The summed E-state index contributed by atoms with van der Waals surface area (Å²) < 4.78 is 30.9. The Hall–Kier alpha value is -2.76. The Morgan fingerprint density at radius 3 is 2.75 bits per heavy atom. The number of hydrogen-bond acceptors (Lipinski definition) is 4. The van der Waals surface area contributed by atoms with Gasteiger partial charge >= 0.3 is 0 Å². The van der Waals surface area contributed by atoms with E-state index in [1.54, 1.807) is 19.2 Å². The van der Waals surface area contributed by atoms with Gasteiger partial charge in [-0.1, -0.05) is 19.1 Å². The minimum absolute atomic E-state index is 0.0712. The fraction of sp³-hybridized carbons (Fsp3) is 0.409. The molecule has 0 spiro atoms. The number of halogens is 1. The van der Waals surface area contributed by atoms with E-state index in [0.717, 1.165) is 5.56 Å². The first-order chi connectivity index (χ1) is 13.3.